The molecule has 3 aromatic rings. The van der Waals surface area contributed by atoms with Crippen molar-refractivity contribution in [1.29, 1.82) is 0 Å². The molecule has 2 heterocycles. The van der Waals surface area contributed by atoms with E-state index in [0.29, 0.717) is 21.6 Å². The molecular weight excluding hydrogens is 336 g/mol. The van der Waals surface area contributed by atoms with Crippen LogP contribution >= 0.6 is 11.3 Å². The maximum Gasteiger partial charge on any atom is 0.338 e. The molecule has 25 heavy (non-hydrogen) atoms. The molecule has 0 amide bonds. The van der Waals surface area contributed by atoms with E-state index in [1.165, 1.54) is 11.3 Å². The Morgan fingerprint density at radius 3 is 2.44 bits per heavy atom. The topological polar surface area (TPSA) is 72.0 Å². The number of aromatic amines is 1. The molecule has 1 aromatic carbocycles. The molecule has 3 rings (SSSR count). The standard InChI is InChI=1S/C19H20N2O3S/c1-9-6-10(2)8-14(7-9)19(23)24-12(4)16-20-17(22)15-11(3)13(5)25-18(15)21-16/h6-8,12H,1-5H3,(H,20,21,22). The SMILES string of the molecule is Cc1cc(C)cc(C(=O)OC(C)c2nc3sc(C)c(C)c3c(=O)[nH]2)c1. The molecule has 0 saturated carbocycles. The van der Waals surface area contributed by atoms with Crippen LogP contribution in [0.1, 0.15) is 50.8 Å². The number of benzene rings is 1. The average molecular weight is 356 g/mol. The Hall–Kier alpha value is -2.47. The van der Waals surface area contributed by atoms with Crippen molar-refractivity contribution in [3.8, 4) is 0 Å². The first-order chi connectivity index (χ1) is 11.8. The van der Waals surface area contributed by atoms with Crippen LogP contribution < -0.4 is 5.56 Å². The van der Waals surface area contributed by atoms with Crippen LogP contribution in [0, 0.1) is 27.7 Å². The van der Waals surface area contributed by atoms with Gasteiger partial charge in [-0.3, -0.25) is 4.79 Å². The molecule has 6 heteroatoms. The Labute approximate surface area is 149 Å². The van der Waals surface area contributed by atoms with Gasteiger partial charge < -0.3 is 9.72 Å². The minimum Gasteiger partial charge on any atom is -0.451 e. The number of ether oxygens (including phenoxy) is 1. The van der Waals surface area contributed by atoms with Crippen molar-refractivity contribution in [2.45, 2.75) is 40.7 Å². The summed E-state index contributed by atoms with van der Waals surface area (Å²) in [7, 11) is 0. The van der Waals surface area contributed by atoms with Crippen molar-refractivity contribution in [3.63, 3.8) is 0 Å². The molecule has 0 aliphatic rings. The maximum atomic E-state index is 12.4. The van der Waals surface area contributed by atoms with E-state index >= 15 is 0 Å². The normalized spacial score (nSPS) is 12.4. The van der Waals surface area contributed by atoms with Gasteiger partial charge in [-0.15, -0.1) is 11.3 Å². The van der Waals surface area contributed by atoms with E-state index in [0.717, 1.165) is 21.6 Å². The van der Waals surface area contributed by atoms with Crippen molar-refractivity contribution in [2.24, 2.45) is 0 Å². The van der Waals surface area contributed by atoms with Gasteiger partial charge in [-0.05, 0) is 52.3 Å². The number of esters is 1. The summed E-state index contributed by atoms with van der Waals surface area (Å²) in [4.78, 5) is 33.7. The van der Waals surface area contributed by atoms with Gasteiger partial charge in [0.15, 0.2) is 11.9 Å². The molecule has 0 aliphatic heterocycles. The van der Waals surface area contributed by atoms with Gasteiger partial charge in [0.2, 0.25) is 0 Å². The number of aromatic nitrogens is 2. The largest absolute Gasteiger partial charge is 0.451 e. The molecule has 130 valence electrons. The second kappa shape index (κ2) is 6.44. The van der Waals surface area contributed by atoms with E-state index < -0.39 is 12.1 Å². The average Bonchev–Trinajstić information content (AvgIpc) is 2.81. The zero-order valence-corrected chi connectivity index (χ0v) is 15.7. The highest BCUT2D eigenvalue weighted by atomic mass is 32.1. The molecular formula is C19H20N2O3S. The van der Waals surface area contributed by atoms with Crippen LogP contribution in [-0.2, 0) is 4.74 Å². The number of thiophene rings is 1. The lowest BCUT2D eigenvalue weighted by molar-refractivity contribution is 0.0320. The number of carbonyl (C=O) groups is 1. The molecule has 2 aromatic heterocycles. The van der Waals surface area contributed by atoms with Gasteiger partial charge in [0.25, 0.3) is 5.56 Å². The number of nitrogens with zero attached hydrogens (tertiary/aromatic N) is 1. The fourth-order valence-electron chi connectivity index (χ4n) is 2.84. The van der Waals surface area contributed by atoms with E-state index in [1.807, 2.05) is 33.8 Å². The summed E-state index contributed by atoms with van der Waals surface area (Å²) in [6, 6.07) is 5.56. The molecule has 1 N–H and O–H groups in total. The number of aryl methyl sites for hydroxylation is 4. The van der Waals surface area contributed by atoms with E-state index in [-0.39, 0.29) is 5.56 Å². The van der Waals surface area contributed by atoms with Crippen LogP contribution in [0.5, 0.6) is 0 Å². The van der Waals surface area contributed by atoms with Crippen molar-refractivity contribution < 1.29 is 9.53 Å². The van der Waals surface area contributed by atoms with Crippen LogP contribution in [0.15, 0.2) is 23.0 Å². The minimum absolute atomic E-state index is 0.198. The van der Waals surface area contributed by atoms with E-state index in [1.54, 1.807) is 19.1 Å². The third-order valence-corrected chi connectivity index (χ3v) is 5.28. The summed E-state index contributed by atoms with van der Waals surface area (Å²) < 4.78 is 5.51. The smallest absolute Gasteiger partial charge is 0.338 e. The third-order valence-electron chi connectivity index (χ3n) is 4.18. The van der Waals surface area contributed by atoms with E-state index in [9.17, 15) is 9.59 Å². The minimum atomic E-state index is -0.645. The number of H-pyrrole nitrogens is 1. The summed E-state index contributed by atoms with van der Waals surface area (Å²) in [5.41, 5.74) is 3.24. The lowest BCUT2D eigenvalue weighted by Crippen LogP contribution is -2.17. The highest BCUT2D eigenvalue weighted by Gasteiger charge is 2.19. The van der Waals surface area contributed by atoms with Gasteiger partial charge in [0.1, 0.15) is 4.83 Å². The highest BCUT2D eigenvalue weighted by Crippen LogP contribution is 2.27. The van der Waals surface area contributed by atoms with Crippen LogP contribution in [0.2, 0.25) is 0 Å². The molecule has 0 bridgehead atoms. The number of rotatable bonds is 3. The number of carbonyl (C=O) groups excluding carboxylic acids is 1. The lowest BCUT2D eigenvalue weighted by atomic mass is 10.1. The van der Waals surface area contributed by atoms with Gasteiger partial charge >= 0.3 is 5.97 Å². The molecule has 1 unspecified atom stereocenters. The van der Waals surface area contributed by atoms with Crippen molar-refractivity contribution in [1.82, 2.24) is 9.97 Å². The molecule has 0 radical (unpaired) electrons. The summed E-state index contributed by atoms with van der Waals surface area (Å²) >= 11 is 1.47. The molecule has 0 aliphatic carbocycles. The van der Waals surface area contributed by atoms with E-state index in [4.69, 9.17) is 4.74 Å². The van der Waals surface area contributed by atoms with E-state index in [2.05, 4.69) is 9.97 Å². The Balaban J connectivity index is 1.90. The highest BCUT2D eigenvalue weighted by molar-refractivity contribution is 7.18. The summed E-state index contributed by atoms with van der Waals surface area (Å²) in [6.45, 7) is 9.44. The molecule has 0 spiro atoms. The van der Waals surface area contributed by atoms with Crippen molar-refractivity contribution >= 4 is 27.5 Å². The zero-order chi connectivity index (χ0) is 18.3. The number of fused-ring (bicyclic) bond motifs is 1. The Morgan fingerprint density at radius 2 is 1.80 bits per heavy atom. The Morgan fingerprint density at radius 1 is 1.16 bits per heavy atom. The third kappa shape index (κ3) is 3.35. The summed E-state index contributed by atoms with van der Waals surface area (Å²) in [6.07, 6.45) is -0.645. The maximum absolute atomic E-state index is 12.4. The lowest BCUT2D eigenvalue weighted by Gasteiger charge is -2.13. The number of hydrogen-bond acceptors (Lipinski definition) is 5. The monoisotopic (exact) mass is 356 g/mol. The van der Waals surface area contributed by atoms with Crippen molar-refractivity contribution in [3.05, 3.63) is 61.5 Å². The van der Waals surface area contributed by atoms with Crippen LogP contribution in [-0.4, -0.2) is 15.9 Å². The first kappa shape index (κ1) is 17.4. The van der Waals surface area contributed by atoms with Crippen LogP contribution in [0.4, 0.5) is 0 Å². The predicted molar refractivity (Wildman–Crippen MR) is 99.5 cm³/mol. The first-order valence-electron chi connectivity index (χ1n) is 8.05. The zero-order valence-electron chi connectivity index (χ0n) is 14.9. The second-order valence-electron chi connectivity index (χ2n) is 6.34. The van der Waals surface area contributed by atoms with Crippen molar-refractivity contribution in [2.75, 3.05) is 0 Å². The fourth-order valence-corrected chi connectivity index (χ4v) is 3.88. The quantitative estimate of drug-likeness (QED) is 0.716. The van der Waals surface area contributed by atoms with Gasteiger partial charge in [0.05, 0.1) is 10.9 Å². The van der Waals surface area contributed by atoms with Gasteiger partial charge in [0, 0.05) is 4.88 Å². The van der Waals surface area contributed by atoms with Gasteiger partial charge in [-0.1, -0.05) is 17.2 Å². The predicted octanol–water partition coefficient (Wildman–Crippen LogP) is 4.14. The summed E-state index contributed by atoms with van der Waals surface area (Å²) in [5.74, 6) is -0.0722. The van der Waals surface area contributed by atoms with Gasteiger partial charge in [-0.25, -0.2) is 9.78 Å². The molecule has 0 saturated heterocycles. The molecule has 1 atom stereocenters. The Kier molecular flexibility index (Phi) is 4.47. The fraction of sp³-hybridized carbons (Fsp3) is 0.316. The van der Waals surface area contributed by atoms with Crippen LogP contribution in [0.3, 0.4) is 0 Å². The number of nitrogens with one attached hydrogen (secondary N) is 1. The Bertz CT molecular complexity index is 1010. The molecule has 0 fully saturated rings. The second-order valence-corrected chi connectivity index (χ2v) is 7.54. The first-order valence-corrected chi connectivity index (χ1v) is 8.87. The van der Waals surface area contributed by atoms with Gasteiger partial charge in [-0.2, -0.15) is 0 Å². The summed E-state index contributed by atoms with van der Waals surface area (Å²) in [5, 5.41) is 0.610. The molecule has 5 nitrogen and oxygen atoms in total. The van der Waals surface area contributed by atoms with Crippen LogP contribution in [0.25, 0.3) is 10.2 Å². The number of hydrogen-bond donors (Lipinski definition) is 1.